The minimum Gasteiger partial charge on any atom is -0.480 e. The molecule has 1 rings (SSSR count). The van der Waals surface area contributed by atoms with Crippen LogP contribution in [0.15, 0.2) is 43.0 Å². The summed E-state index contributed by atoms with van der Waals surface area (Å²) in [6, 6.07) is 8.62. The molecule has 0 spiro atoms. The summed E-state index contributed by atoms with van der Waals surface area (Å²) in [7, 11) is 0. The lowest BCUT2D eigenvalue weighted by Gasteiger charge is -2.14. The Morgan fingerprint density at radius 1 is 1.00 bits per heavy atom. The van der Waals surface area contributed by atoms with Crippen LogP contribution >= 0.6 is 0 Å². The standard InChI is InChI=1S/C24H36N2O5/c1-2-3-4-5-6-11-16-21(23(28)29)26-22(27)17-12-8-13-18-25-24(30)31-19-20-14-9-7-10-15-20/h2,7,9-10,14-15,21H,1,3-6,8,11-13,16-19H2,(H,25,30)(H,26,27)(H,28,29)/t21-/m1/s1. The van der Waals surface area contributed by atoms with Crippen molar-refractivity contribution in [1.82, 2.24) is 10.6 Å². The molecule has 7 nitrogen and oxygen atoms in total. The molecule has 0 radical (unpaired) electrons. The van der Waals surface area contributed by atoms with Crippen molar-refractivity contribution in [3.8, 4) is 0 Å². The number of carbonyl (C=O) groups excluding carboxylic acids is 2. The fourth-order valence-corrected chi connectivity index (χ4v) is 3.07. The predicted octanol–water partition coefficient (Wildman–Crippen LogP) is 4.57. The van der Waals surface area contributed by atoms with Gasteiger partial charge in [0.05, 0.1) is 0 Å². The van der Waals surface area contributed by atoms with Gasteiger partial charge in [-0.05, 0) is 37.7 Å². The maximum absolute atomic E-state index is 12.0. The average Bonchev–Trinajstić information content (AvgIpc) is 2.76. The summed E-state index contributed by atoms with van der Waals surface area (Å²) in [5.41, 5.74) is 0.927. The Kier molecular flexibility index (Phi) is 14.3. The second-order valence-electron chi connectivity index (χ2n) is 7.54. The van der Waals surface area contributed by atoms with Crippen molar-refractivity contribution in [1.29, 1.82) is 0 Å². The summed E-state index contributed by atoms with van der Waals surface area (Å²) in [6.45, 7) is 4.38. The lowest BCUT2D eigenvalue weighted by Crippen LogP contribution is -2.40. The molecule has 0 bridgehead atoms. The van der Waals surface area contributed by atoms with Crippen molar-refractivity contribution in [2.45, 2.75) is 76.9 Å². The molecule has 31 heavy (non-hydrogen) atoms. The molecule has 0 heterocycles. The number of allylic oxidation sites excluding steroid dienone is 1. The third-order valence-electron chi connectivity index (χ3n) is 4.85. The Morgan fingerprint density at radius 3 is 2.42 bits per heavy atom. The van der Waals surface area contributed by atoms with Crippen molar-refractivity contribution in [3.63, 3.8) is 0 Å². The molecule has 0 aliphatic carbocycles. The van der Waals surface area contributed by atoms with Crippen molar-refractivity contribution in [3.05, 3.63) is 48.6 Å². The highest BCUT2D eigenvalue weighted by atomic mass is 16.5. The largest absolute Gasteiger partial charge is 0.480 e. The first-order valence-electron chi connectivity index (χ1n) is 11.1. The number of carbonyl (C=O) groups is 3. The molecule has 0 saturated carbocycles. The number of alkyl carbamates (subject to hydrolysis) is 1. The third kappa shape index (κ3) is 13.9. The van der Waals surface area contributed by atoms with Gasteiger partial charge in [-0.2, -0.15) is 0 Å². The predicted molar refractivity (Wildman–Crippen MR) is 121 cm³/mol. The highest BCUT2D eigenvalue weighted by Gasteiger charge is 2.18. The van der Waals surface area contributed by atoms with Gasteiger partial charge in [-0.3, -0.25) is 4.79 Å². The maximum atomic E-state index is 12.0. The number of aliphatic carboxylic acids is 1. The number of unbranched alkanes of at least 4 members (excludes halogenated alkanes) is 6. The van der Waals surface area contributed by atoms with Crippen LogP contribution in [0, 0.1) is 0 Å². The lowest BCUT2D eigenvalue weighted by atomic mass is 10.1. The molecular weight excluding hydrogens is 396 g/mol. The van der Waals surface area contributed by atoms with E-state index in [-0.39, 0.29) is 18.9 Å². The van der Waals surface area contributed by atoms with Crippen molar-refractivity contribution in [2.24, 2.45) is 0 Å². The van der Waals surface area contributed by atoms with Crippen LogP contribution in [-0.2, 0) is 20.9 Å². The maximum Gasteiger partial charge on any atom is 0.407 e. The van der Waals surface area contributed by atoms with Crippen LogP contribution in [0.2, 0.25) is 0 Å². The fraction of sp³-hybridized carbons (Fsp3) is 0.542. The second kappa shape index (κ2) is 16.9. The van der Waals surface area contributed by atoms with Crippen molar-refractivity contribution >= 4 is 18.0 Å². The normalized spacial score (nSPS) is 11.4. The molecule has 0 fully saturated rings. The summed E-state index contributed by atoms with van der Waals surface area (Å²) >= 11 is 0. The Balaban J connectivity index is 2.06. The van der Waals surface area contributed by atoms with Gasteiger partial charge in [-0.1, -0.05) is 62.1 Å². The van der Waals surface area contributed by atoms with E-state index in [9.17, 15) is 19.5 Å². The zero-order chi connectivity index (χ0) is 22.7. The highest BCUT2D eigenvalue weighted by molar-refractivity contribution is 5.83. The van der Waals surface area contributed by atoms with E-state index in [4.69, 9.17) is 4.74 Å². The number of nitrogens with one attached hydrogen (secondary N) is 2. The monoisotopic (exact) mass is 432 g/mol. The van der Waals surface area contributed by atoms with E-state index in [1.54, 1.807) is 0 Å². The van der Waals surface area contributed by atoms with E-state index in [0.717, 1.165) is 50.5 Å². The van der Waals surface area contributed by atoms with Gasteiger partial charge in [0.1, 0.15) is 12.6 Å². The Hall–Kier alpha value is -2.83. The summed E-state index contributed by atoms with van der Waals surface area (Å²) in [5.74, 6) is -1.23. The number of benzene rings is 1. The van der Waals surface area contributed by atoms with E-state index in [1.165, 1.54) is 0 Å². The minimum absolute atomic E-state index is 0.229. The molecule has 0 aromatic heterocycles. The van der Waals surface area contributed by atoms with Crippen LogP contribution in [0.5, 0.6) is 0 Å². The minimum atomic E-state index is -0.988. The second-order valence-corrected chi connectivity index (χ2v) is 7.54. The van der Waals surface area contributed by atoms with Gasteiger partial charge in [0.15, 0.2) is 0 Å². The molecule has 172 valence electrons. The molecule has 2 amide bonds. The van der Waals surface area contributed by atoms with E-state index >= 15 is 0 Å². The number of ether oxygens (including phenoxy) is 1. The van der Waals surface area contributed by atoms with Gasteiger partial charge in [0.25, 0.3) is 0 Å². The van der Waals surface area contributed by atoms with Crippen LogP contribution in [0.1, 0.15) is 69.8 Å². The molecule has 0 unspecified atom stereocenters. The van der Waals surface area contributed by atoms with E-state index in [0.29, 0.717) is 19.4 Å². The summed E-state index contributed by atoms with van der Waals surface area (Å²) < 4.78 is 5.12. The zero-order valence-electron chi connectivity index (χ0n) is 18.3. The van der Waals surface area contributed by atoms with E-state index < -0.39 is 18.1 Å². The number of amides is 2. The Bertz CT molecular complexity index is 663. The van der Waals surface area contributed by atoms with E-state index in [1.807, 2.05) is 36.4 Å². The first-order chi connectivity index (χ1) is 15.0. The Morgan fingerprint density at radius 2 is 1.71 bits per heavy atom. The van der Waals surface area contributed by atoms with Crippen LogP contribution in [-0.4, -0.2) is 35.7 Å². The SMILES string of the molecule is C=CCCCCCC[C@@H](NC(=O)CCCCCNC(=O)OCc1ccccc1)C(=O)O. The number of hydrogen-bond acceptors (Lipinski definition) is 4. The summed E-state index contributed by atoms with van der Waals surface area (Å²) in [4.78, 5) is 35.0. The molecule has 7 heteroatoms. The smallest absolute Gasteiger partial charge is 0.407 e. The molecule has 1 aromatic carbocycles. The Labute approximate surface area is 185 Å². The number of hydrogen-bond donors (Lipinski definition) is 3. The average molecular weight is 433 g/mol. The molecule has 0 aliphatic rings. The molecule has 1 aromatic rings. The fourth-order valence-electron chi connectivity index (χ4n) is 3.07. The topological polar surface area (TPSA) is 105 Å². The first kappa shape index (κ1) is 26.2. The quantitative estimate of drug-likeness (QED) is 0.247. The van der Waals surface area contributed by atoms with Crippen molar-refractivity contribution in [2.75, 3.05) is 6.54 Å². The van der Waals surface area contributed by atoms with Crippen LogP contribution < -0.4 is 10.6 Å². The van der Waals surface area contributed by atoms with Gasteiger partial charge >= 0.3 is 12.1 Å². The molecular formula is C24H36N2O5. The van der Waals surface area contributed by atoms with Crippen LogP contribution in [0.25, 0.3) is 0 Å². The van der Waals surface area contributed by atoms with Gasteiger partial charge < -0.3 is 20.5 Å². The highest BCUT2D eigenvalue weighted by Crippen LogP contribution is 2.09. The van der Waals surface area contributed by atoms with Gasteiger partial charge in [0, 0.05) is 13.0 Å². The molecule has 1 atom stereocenters. The van der Waals surface area contributed by atoms with E-state index in [2.05, 4.69) is 17.2 Å². The van der Waals surface area contributed by atoms with Crippen molar-refractivity contribution < 1.29 is 24.2 Å². The summed E-state index contributed by atoms with van der Waals surface area (Å²) in [6.07, 6.45) is 9.08. The number of rotatable bonds is 17. The zero-order valence-corrected chi connectivity index (χ0v) is 18.3. The number of carboxylic acid groups (broad SMARTS) is 1. The van der Waals surface area contributed by atoms with Gasteiger partial charge in [-0.15, -0.1) is 6.58 Å². The first-order valence-corrected chi connectivity index (χ1v) is 11.1. The van der Waals surface area contributed by atoms with Crippen LogP contribution in [0.3, 0.4) is 0 Å². The third-order valence-corrected chi connectivity index (χ3v) is 4.85. The lowest BCUT2D eigenvalue weighted by molar-refractivity contribution is -0.142. The van der Waals surface area contributed by atoms with Crippen LogP contribution in [0.4, 0.5) is 4.79 Å². The van der Waals surface area contributed by atoms with Gasteiger partial charge in [0.2, 0.25) is 5.91 Å². The van der Waals surface area contributed by atoms with Gasteiger partial charge in [-0.25, -0.2) is 9.59 Å². The molecule has 0 saturated heterocycles. The summed E-state index contributed by atoms with van der Waals surface area (Å²) in [5, 5.41) is 14.6. The number of carboxylic acids is 1. The molecule has 3 N–H and O–H groups in total. The molecule has 0 aliphatic heterocycles.